The van der Waals surface area contributed by atoms with Crippen LogP contribution >= 0.6 is 0 Å². The Bertz CT molecular complexity index is 1050. The topological polar surface area (TPSA) is 104 Å². The molecule has 1 fully saturated rings. The van der Waals surface area contributed by atoms with Crippen LogP contribution in [-0.4, -0.2) is 48.5 Å². The second kappa shape index (κ2) is 8.17. The first kappa shape index (κ1) is 20.5. The van der Waals surface area contributed by atoms with Gasteiger partial charge < -0.3 is 10.1 Å². The smallest absolute Gasteiger partial charge is 0.263 e. The van der Waals surface area contributed by atoms with E-state index in [2.05, 4.69) is 29.5 Å². The molecule has 0 bridgehead atoms. The monoisotopic (exact) mass is 421 g/mol. The van der Waals surface area contributed by atoms with E-state index in [0.29, 0.717) is 23.0 Å². The number of para-hydroxylation sites is 2. The van der Waals surface area contributed by atoms with Crippen LogP contribution in [0.15, 0.2) is 58.9 Å². The van der Waals surface area contributed by atoms with Crippen molar-refractivity contribution in [1.29, 1.82) is 0 Å². The maximum Gasteiger partial charge on any atom is 0.263 e. The number of nitrogens with one attached hydrogen (secondary N) is 1. The normalized spacial score (nSPS) is 19.9. The van der Waals surface area contributed by atoms with Crippen molar-refractivity contribution >= 4 is 29.1 Å². The van der Waals surface area contributed by atoms with Crippen molar-refractivity contribution in [2.24, 2.45) is 10.3 Å². The molecule has 160 valence electrons. The van der Waals surface area contributed by atoms with Crippen LogP contribution in [0.25, 0.3) is 0 Å². The van der Waals surface area contributed by atoms with Gasteiger partial charge in [-0.3, -0.25) is 19.4 Å². The zero-order valence-electron chi connectivity index (χ0n) is 17.5. The highest BCUT2D eigenvalue weighted by atomic mass is 16.5. The first-order chi connectivity index (χ1) is 14.9. The lowest BCUT2D eigenvalue weighted by molar-refractivity contribution is -0.123. The van der Waals surface area contributed by atoms with Crippen LogP contribution in [-0.2, 0) is 14.4 Å². The molecule has 2 aromatic carbocycles. The van der Waals surface area contributed by atoms with Gasteiger partial charge in [-0.2, -0.15) is 5.11 Å². The van der Waals surface area contributed by atoms with Crippen molar-refractivity contribution in [3.8, 4) is 5.75 Å². The third-order valence-corrected chi connectivity index (χ3v) is 5.36. The Labute approximate surface area is 179 Å². The molecule has 31 heavy (non-hydrogen) atoms. The van der Waals surface area contributed by atoms with Gasteiger partial charge >= 0.3 is 0 Å². The van der Waals surface area contributed by atoms with E-state index < -0.39 is 29.8 Å². The van der Waals surface area contributed by atoms with Crippen molar-refractivity contribution in [1.82, 2.24) is 5.01 Å². The first-order valence-electron chi connectivity index (χ1n) is 9.98. The van der Waals surface area contributed by atoms with Crippen LogP contribution in [0.3, 0.4) is 0 Å². The summed E-state index contributed by atoms with van der Waals surface area (Å²) in [4.78, 5) is 39.6. The highest BCUT2D eigenvalue weighted by Gasteiger charge is 2.55. The molecule has 2 heterocycles. The lowest BCUT2D eigenvalue weighted by Gasteiger charge is -2.20. The minimum absolute atomic E-state index is 0.220. The molecular weight excluding hydrogens is 398 g/mol. The van der Waals surface area contributed by atoms with Gasteiger partial charge in [0.1, 0.15) is 12.3 Å². The molecule has 4 rings (SSSR count). The van der Waals surface area contributed by atoms with E-state index in [1.165, 1.54) is 12.1 Å². The molecule has 2 aliphatic heterocycles. The van der Waals surface area contributed by atoms with E-state index in [-0.39, 0.29) is 6.54 Å². The molecule has 9 heteroatoms. The standard InChI is InChI=1S/C22H23N5O4/c1-13(2)14-8-10-15(11-9-14)27-21(29)19-20(22(27)30)26(25-24-19)12-18(28)23-16-6-4-5-7-17(16)31-3/h4-11,13,19-20H,12H2,1-3H3,(H,23,28)/t19-,20+/m0/s1. The number of amides is 3. The number of benzene rings is 2. The lowest BCUT2D eigenvalue weighted by Crippen LogP contribution is -2.43. The zero-order chi connectivity index (χ0) is 22.1. The quantitative estimate of drug-likeness (QED) is 0.723. The summed E-state index contributed by atoms with van der Waals surface area (Å²) in [6, 6.07) is 12.4. The molecule has 0 radical (unpaired) electrons. The van der Waals surface area contributed by atoms with E-state index >= 15 is 0 Å². The number of rotatable bonds is 6. The fourth-order valence-corrected chi connectivity index (χ4v) is 3.70. The summed E-state index contributed by atoms with van der Waals surface area (Å²) in [5.41, 5.74) is 2.10. The molecule has 3 amide bonds. The number of carbonyl (C=O) groups is 3. The molecule has 0 aromatic heterocycles. The van der Waals surface area contributed by atoms with Gasteiger partial charge in [0.15, 0.2) is 12.1 Å². The molecule has 0 unspecified atom stereocenters. The number of nitrogens with zero attached hydrogens (tertiary/aromatic N) is 4. The van der Waals surface area contributed by atoms with Crippen LogP contribution in [0.1, 0.15) is 25.3 Å². The Kier molecular flexibility index (Phi) is 5.41. The summed E-state index contributed by atoms with van der Waals surface area (Å²) in [7, 11) is 1.51. The number of hydrogen-bond acceptors (Lipinski definition) is 7. The van der Waals surface area contributed by atoms with Crippen molar-refractivity contribution in [2.45, 2.75) is 31.8 Å². The van der Waals surface area contributed by atoms with Crippen LogP contribution in [0.2, 0.25) is 0 Å². The third-order valence-electron chi connectivity index (χ3n) is 5.36. The second-order valence-corrected chi connectivity index (χ2v) is 7.70. The average Bonchev–Trinajstić information content (AvgIpc) is 3.28. The highest BCUT2D eigenvalue weighted by Crippen LogP contribution is 2.32. The van der Waals surface area contributed by atoms with Crippen molar-refractivity contribution < 1.29 is 19.1 Å². The van der Waals surface area contributed by atoms with Gasteiger partial charge in [0.25, 0.3) is 11.8 Å². The van der Waals surface area contributed by atoms with Crippen molar-refractivity contribution in [3.05, 3.63) is 54.1 Å². The van der Waals surface area contributed by atoms with Gasteiger partial charge in [-0.25, -0.2) is 4.90 Å². The molecule has 2 aliphatic rings. The average molecular weight is 421 g/mol. The van der Waals surface area contributed by atoms with Crippen LogP contribution in [0.4, 0.5) is 11.4 Å². The predicted octanol–water partition coefficient (Wildman–Crippen LogP) is 2.75. The summed E-state index contributed by atoms with van der Waals surface area (Å²) in [6.45, 7) is 3.92. The molecule has 0 spiro atoms. The maximum absolute atomic E-state index is 13.1. The Balaban J connectivity index is 1.48. The van der Waals surface area contributed by atoms with E-state index in [9.17, 15) is 14.4 Å². The molecule has 9 nitrogen and oxygen atoms in total. The summed E-state index contributed by atoms with van der Waals surface area (Å²) in [5.74, 6) is -0.431. The highest BCUT2D eigenvalue weighted by molar-refractivity contribution is 6.25. The number of carbonyl (C=O) groups excluding carboxylic acids is 3. The zero-order valence-corrected chi connectivity index (χ0v) is 17.5. The Morgan fingerprint density at radius 3 is 2.48 bits per heavy atom. The predicted molar refractivity (Wildman–Crippen MR) is 114 cm³/mol. The van der Waals surface area contributed by atoms with E-state index in [1.54, 1.807) is 36.4 Å². The number of ether oxygens (including phenoxy) is 1. The van der Waals surface area contributed by atoms with Gasteiger partial charge in [-0.15, -0.1) is 0 Å². The van der Waals surface area contributed by atoms with Crippen LogP contribution in [0, 0.1) is 0 Å². The minimum Gasteiger partial charge on any atom is -0.495 e. The van der Waals surface area contributed by atoms with Gasteiger partial charge in [0.05, 0.1) is 18.5 Å². The molecular formula is C22H23N5O4. The summed E-state index contributed by atoms with van der Waals surface area (Å²) in [6.07, 6.45) is 0. The van der Waals surface area contributed by atoms with Crippen molar-refractivity contribution in [2.75, 3.05) is 23.9 Å². The molecule has 1 N–H and O–H groups in total. The van der Waals surface area contributed by atoms with E-state index in [1.807, 2.05) is 12.1 Å². The third kappa shape index (κ3) is 3.74. The fraction of sp³-hybridized carbons (Fsp3) is 0.318. The van der Waals surface area contributed by atoms with Gasteiger partial charge in [0.2, 0.25) is 5.91 Å². The lowest BCUT2D eigenvalue weighted by atomic mass is 10.0. The second-order valence-electron chi connectivity index (χ2n) is 7.70. The molecule has 0 saturated carbocycles. The Morgan fingerprint density at radius 1 is 1.10 bits per heavy atom. The minimum atomic E-state index is -0.948. The summed E-state index contributed by atoms with van der Waals surface area (Å²) in [5, 5.41) is 11.9. The number of hydrogen-bond donors (Lipinski definition) is 1. The van der Waals surface area contributed by atoms with Gasteiger partial charge in [-0.05, 0) is 35.7 Å². The van der Waals surface area contributed by atoms with Crippen LogP contribution in [0.5, 0.6) is 5.75 Å². The molecule has 1 saturated heterocycles. The first-order valence-corrected chi connectivity index (χ1v) is 9.98. The van der Waals surface area contributed by atoms with E-state index in [4.69, 9.17) is 4.74 Å². The largest absolute Gasteiger partial charge is 0.495 e. The number of fused-ring (bicyclic) bond motifs is 1. The SMILES string of the molecule is COc1ccccc1NC(=O)CN1N=N[C@@H]2C(=O)N(c3ccc(C(C)C)cc3)C(=O)[C@@H]21. The van der Waals surface area contributed by atoms with Crippen LogP contribution < -0.4 is 15.0 Å². The Hall–Kier alpha value is -3.75. The van der Waals surface area contributed by atoms with Gasteiger partial charge in [0, 0.05) is 0 Å². The van der Waals surface area contributed by atoms with Gasteiger partial charge in [-0.1, -0.05) is 43.3 Å². The molecule has 2 atom stereocenters. The number of methoxy groups -OCH3 is 1. The summed E-state index contributed by atoms with van der Waals surface area (Å²) < 4.78 is 5.23. The van der Waals surface area contributed by atoms with Crippen molar-refractivity contribution in [3.63, 3.8) is 0 Å². The number of imide groups is 1. The molecule has 2 aromatic rings. The Morgan fingerprint density at radius 2 is 1.81 bits per heavy atom. The summed E-state index contributed by atoms with van der Waals surface area (Å²) >= 11 is 0. The number of anilines is 2. The maximum atomic E-state index is 13.1. The fourth-order valence-electron chi connectivity index (χ4n) is 3.70. The molecule has 0 aliphatic carbocycles. The van der Waals surface area contributed by atoms with E-state index in [0.717, 1.165) is 10.5 Å².